The minimum Gasteiger partial charge on any atom is -0.326 e. The van der Waals surface area contributed by atoms with E-state index in [2.05, 4.69) is 11.6 Å². The molecule has 0 amide bonds. The van der Waals surface area contributed by atoms with Gasteiger partial charge in [0.05, 0.1) is 5.75 Å². The van der Waals surface area contributed by atoms with Gasteiger partial charge in [0.15, 0.2) is 0 Å². The first kappa shape index (κ1) is 17.1. The molecule has 0 fully saturated rings. The summed E-state index contributed by atoms with van der Waals surface area (Å²) in [6.45, 7) is 4.48. The van der Waals surface area contributed by atoms with Gasteiger partial charge in [0.2, 0.25) is 10.0 Å². The van der Waals surface area contributed by atoms with Crippen LogP contribution in [-0.2, 0) is 22.3 Å². The molecule has 0 radical (unpaired) electrons. The molecule has 1 aromatic rings. The standard InChI is InChI=1S/C15H26N2O2S/c1-3-4-5-7-13(2)17-20(18,19)12-15-9-6-8-14(10-15)11-16/h6,8-10,13,17H,3-5,7,11-12,16H2,1-2H3. The first-order chi connectivity index (χ1) is 9.46. The van der Waals surface area contributed by atoms with Crippen molar-refractivity contribution < 1.29 is 8.42 Å². The molecule has 4 nitrogen and oxygen atoms in total. The van der Waals surface area contributed by atoms with Crippen LogP contribution in [0.25, 0.3) is 0 Å². The molecule has 0 saturated carbocycles. The van der Waals surface area contributed by atoms with Gasteiger partial charge in [-0.25, -0.2) is 13.1 Å². The van der Waals surface area contributed by atoms with E-state index in [1.807, 2.05) is 31.2 Å². The van der Waals surface area contributed by atoms with E-state index in [0.717, 1.165) is 36.8 Å². The summed E-state index contributed by atoms with van der Waals surface area (Å²) in [5.74, 6) is 0.0129. The zero-order valence-electron chi connectivity index (χ0n) is 12.4. The predicted octanol–water partition coefficient (Wildman–Crippen LogP) is 2.53. The van der Waals surface area contributed by atoms with Crippen LogP contribution in [0.15, 0.2) is 24.3 Å². The first-order valence-electron chi connectivity index (χ1n) is 7.24. The molecule has 0 saturated heterocycles. The van der Waals surface area contributed by atoms with Crippen LogP contribution in [0.4, 0.5) is 0 Å². The smallest absolute Gasteiger partial charge is 0.216 e. The van der Waals surface area contributed by atoms with E-state index in [4.69, 9.17) is 5.73 Å². The Balaban J connectivity index is 2.56. The summed E-state index contributed by atoms with van der Waals surface area (Å²) in [4.78, 5) is 0. The first-order valence-corrected chi connectivity index (χ1v) is 8.90. The monoisotopic (exact) mass is 298 g/mol. The zero-order chi connectivity index (χ0) is 15.0. The Kier molecular flexibility index (Phi) is 7.19. The molecule has 0 aliphatic heterocycles. The van der Waals surface area contributed by atoms with Gasteiger partial charge in [0.25, 0.3) is 0 Å². The summed E-state index contributed by atoms with van der Waals surface area (Å²) in [7, 11) is -3.29. The van der Waals surface area contributed by atoms with Crippen molar-refractivity contribution in [3.63, 3.8) is 0 Å². The van der Waals surface area contributed by atoms with E-state index in [1.165, 1.54) is 0 Å². The molecule has 1 rings (SSSR count). The van der Waals surface area contributed by atoms with Gasteiger partial charge in [-0.1, -0.05) is 50.5 Å². The third-order valence-electron chi connectivity index (χ3n) is 3.21. The molecule has 1 atom stereocenters. The van der Waals surface area contributed by atoms with Gasteiger partial charge in [0.1, 0.15) is 0 Å². The molecule has 1 unspecified atom stereocenters. The van der Waals surface area contributed by atoms with Crippen LogP contribution in [0.2, 0.25) is 0 Å². The van der Waals surface area contributed by atoms with E-state index in [1.54, 1.807) is 0 Å². The van der Waals surface area contributed by atoms with Crippen LogP contribution in [0.1, 0.15) is 50.7 Å². The molecule has 0 aliphatic carbocycles. The number of nitrogens with two attached hydrogens (primary N) is 1. The normalized spacial score (nSPS) is 13.3. The molecular weight excluding hydrogens is 272 g/mol. The number of hydrogen-bond acceptors (Lipinski definition) is 3. The molecule has 0 aliphatic rings. The lowest BCUT2D eigenvalue weighted by molar-refractivity contribution is 0.526. The molecule has 0 aromatic heterocycles. The number of benzene rings is 1. The van der Waals surface area contributed by atoms with Crippen molar-refractivity contribution in [2.45, 2.75) is 57.9 Å². The van der Waals surface area contributed by atoms with E-state index >= 15 is 0 Å². The quantitative estimate of drug-likeness (QED) is 0.688. The molecule has 0 heterocycles. The second-order valence-electron chi connectivity index (χ2n) is 5.30. The zero-order valence-corrected chi connectivity index (χ0v) is 13.2. The molecule has 20 heavy (non-hydrogen) atoms. The predicted molar refractivity (Wildman–Crippen MR) is 83.7 cm³/mol. The Morgan fingerprint density at radius 3 is 2.60 bits per heavy atom. The van der Waals surface area contributed by atoms with Gasteiger partial charge < -0.3 is 5.73 Å². The molecule has 0 spiro atoms. The summed E-state index contributed by atoms with van der Waals surface area (Å²) in [5.41, 5.74) is 7.30. The summed E-state index contributed by atoms with van der Waals surface area (Å²) in [5, 5.41) is 0. The maximum atomic E-state index is 12.1. The van der Waals surface area contributed by atoms with E-state index < -0.39 is 10.0 Å². The molecule has 1 aromatic carbocycles. The van der Waals surface area contributed by atoms with E-state index in [0.29, 0.717) is 6.54 Å². The van der Waals surface area contributed by atoms with Gasteiger partial charge >= 0.3 is 0 Å². The Bertz CT molecular complexity index is 500. The summed E-state index contributed by atoms with van der Waals surface area (Å²) in [6.07, 6.45) is 4.23. The average molecular weight is 298 g/mol. The molecule has 0 bridgehead atoms. The summed E-state index contributed by atoms with van der Waals surface area (Å²) < 4.78 is 26.9. The van der Waals surface area contributed by atoms with Gasteiger partial charge in [-0.05, 0) is 24.5 Å². The Hall–Kier alpha value is -0.910. The minimum absolute atomic E-state index is 0.00996. The molecule has 3 N–H and O–H groups in total. The highest BCUT2D eigenvalue weighted by molar-refractivity contribution is 7.88. The Morgan fingerprint density at radius 2 is 1.95 bits per heavy atom. The Labute approximate surface area is 122 Å². The highest BCUT2D eigenvalue weighted by atomic mass is 32.2. The van der Waals surface area contributed by atoms with Crippen molar-refractivity contribution in [3.8, 4) is 0 Å². The highest BCUT2D eigenvalue weighted by Crippen LogP contribution is 2.10. The highest BCUT2D eigenvalue weighted by Gasteiger charge is 2.15. The SMILES string of the molecule is CCCCCC(C)NS(=O)(=O)Cc1cccc(CN)c1. The number of nitrogens with one attached hydrogen (secondary N) is 1. The number of unbranched alkanes of at least 4 members (excludes halogenated alkanes) is 2. The third kappa shape index (κ3) is 6.50. The van der Waals surface area contributed by atoms with Crippen LogP contribution < -0.4 is 10.5 Å². The second kappa shape index (κ2) is 8.39. The van der Waals surface area contributed by atoms with Crippen LogP contribution in [0, 0.1) is 0 Å². The molecule has 5 heteroatoms. The van der Waals surface area contributed by atoms with E-state index in [9.17, 15) is 8.42 Å². The second-order valence-corrected chi connectivity index (χ2v) is 7.05. The lowest BCUT2D eigenvalue weighted by Gasteiger charge is -2.14. The minimum atomic E-state index is -3.29. The summed E-state index contributed by atoms with van der Waals surface area (Å²) >= 11 is 0. The molecule has 114 valence electrons. The van der Waals surface area contributed by atoms with Crippen LogP contribution in [0.5, 0.6) is 0 Å². The van der Waals surface area contributed by atoms with Crippen molar-refractivity contribution >= 4 is 10.0 Å². The largest absolute Gasteiger partial charge is 0.326 e. The number of hydrogen-bond donors (Lipinski definition) is 2. The van der Waals surface area contributed by atoms with Crippen molar-refractivity contribution in [1.82, 2.24) is 4.72 Å². The van der Waals surface area contributed by atoms with Gasteiger partial charge in [-0.3, -0.25) is 0 Å². The van der Waals surface area contributed by atoms with Crippen molar-refractivity contribution in [2.75, 3.05) is 0 Å². The lowest BCUT2D eigenvalue weighted by atomic mass is 10.1. The van der Waals surface area contributed by atoms with Gasteiger partial charge in [-0.2, -0.15) is 0 Å². The van der Waals surface area contributed by atoms with Gasteiger partial charge in [-0.15, -0.1) is 0 Å². The van der Waals surface area contributed by atoms with Crippen molar-refractivity contribution in [1.29, 1.82) is 0 Å². The van der Waals surface area contributed by atoms with Crippen LogP contribution >= 0.6 is 0 Å². The fourth-order valence-corrected chi connectivity index (χ4v) is 3.61. The van der Waals surface area contributed by atoms with Crippen LogP contribution in [0.3, 0.4) is 0 Å². The fraction of sp³-hybridized carbons (Fsp3) is 0.600. The lowest BCUT2D eigenvalue weighted by Crippen LogP contribution is -2.33. The Morgan fingerprint density at radius 1 is 1.25 bits per heavy atom. The summed E-state index contributed by atoms with van der Waals surface area (Å²) in [6, 6.07) is 7.40. The van der Waals surface area contributed by atoms with Crippen molar-refractivity contribution in [2.24, 2.45) is 5.73 Å². The maximum absolute atomic E-state index is 12.1. The maximum Gasteiger partial charge on any atom is 0.216 e. The van der Waals surface area contributed by atoms with Gasteiger partial charge in [0, 0.05) is 12.6 Å². The topological polar surface area (TPSA) is 72.2 Å². The third-order valence-corrected chi connectivity index (χ3v) is 4.68. The number of rotatable bonds is 9. The van der Waals surface area contributed by atoms with Crippen LogP contribution in [-0.4, -0.2) is 14.5 Å². The number of sulfonamides is 1. The fourth-order valence-electron chi connectivity index (χ4n) is 2.17. The molecular formula is C15H26N2O2S. The van der Waals surface area contributed by atoms with Crippen molar-refractivity contribution in [3.05, 3.63) is 35.4 Å². The van der Waals surface area contributed by atoms with E-state index in [-0.39, 0.29) is 11.8 Å². The average Bonchev–Trinajstić information content (AvgIpc) is 2.38.